The summed E-state index contributed by atoms with van der Waals surface area (Å²) in [5.41, 5.74) is 1.05. The molecule has 1 aromatic heterocycles. The molecule has 3 nitrogen and oxygen atoms in total. The summed E-state index contributed by atoms with van der Waals surface area (Å²) in [6.07, 6.45) is 2.11. The molecule has 0 unspecified atom stereocenters. The van der Waals surface area contributed by atoms with Crippen molar-refractivity contribution in [2.45, 2.75) is 6.61 Å². The summed E-state index contributed by atoms with van der Waals surface area (Å²) < 4.78 is 19.1. The summed E-state index contributed by atoms with van der Waals surface area (Å²) in [5, 5.41) is 0. The van der Waals surface area contributed by atoms with Crippen LogP contribution in [-0.4, -0.2) is 11.3 Å². The number of carbonyl (C=O) groups is 1. The van der Waals surface area contributed by atoms with Crippen molar-refractivity contribution in [1.29, 1.82) is 0 Å². The molecule has 5 heteroatoms. The van der Waals surface area contributed by atoms with Gasteiger partial charge in [-0.1, -0.05) is 12.1 Å². The third-order valence-electron chi connectivity index (χ3n) is 2.31. The van der Waals surface area contributed by atoms with Gasteiger partial charge in [0.15, 0.2) is 6.29 Å². The number of nitrogens with zero attached hydrogens (tertiary/aromatic N) is 1. The number of halogens is 2. The van der Waals surface area contributed by atoms with E-state index in [1.165, 1.54) is 12.3 Å². The molecule has 0 aliphatic carbocycles. The molecule has 1 heterocycles. The first-order chi connectivity index (χ1) is 8.70. The van der Waals surface area contributed by atoms with Crippen LogP contribution in [0.4, 0.5) is 4.39 Å². The number of pyridine rings is 1. The van der Waals surface area contributed by atoms with Gasteiger partial charge in [0.05, 0.1) is 10.7 Å². The minimum Gasteiger partial charge on any atom is -0.487 e. The van der Waals surface area contributed by atoms with E-state index in [0.717, 1.165) is 0 Å². The highest BCUT2D eigenvalue weighted by molar-refractivity contribution is 9.10. The Balaban J connectivity index is 2.06. The van der Waals surface area contributed by atoms with E-state index in [1.807, 2.05) is 0 Å². The first-order valence-corrected chi connectivity index (χ1v) is 5.97. The van der Waals surface area contributed by atoms with Crippen LogP contribution in [0.25, 0.3) is 0 Å². The average molecular weight is 310 g/mol. The van der Waals surface area contributed by atoms with Crippen LogP contribution >= 0.6 is 15.9 Å². The predicted molar refractivity (Wildman–Crippen MR) is 68.1 cm³/mol. The van der Waals surface area contributed by atoms with Crippen LogP contribution in [0, 0.1) is 5.82 Å². The molecule has 0 amide bonds. The van der Waals surface area contributed by atoms with Crippen LogP contribution in [0.15, 0.2) is 41.0 Å². The van der Waals surface area contributed by atoms with Crippen LogP contribution in [0.1, 0.15) is 16.1 Å². The van der Waals surface area contributed by atoms with Gasteiger partial charge in [0.2, 0.25) is 0 Å². The number of hydrogen-bond acceptors (Lipinski definition) is 3. The molecule has 0 bridgehead atoms. The van der Waals surface area contributed by atoms with E-state index in [9.17, 15) is 9.18 Å². The zero-order valence-electron chi connectivity index (χ0n) is 9.27. The standard InChI is InChI=1S/C13H9BrFNO2/c14-13-9(2-1-3-12(13)15)8-18-11-5-4-10(7-17)16-6-11/h1-7H,8H2. The van der Waals surface area contributed by atoms with Crippen molar-refractivity contribution < 1.29 is 13.9 Å². The summed E-state index contributed by atoms with van der Waals surface area (Å²) in [6, 6.07) is 7.95. The van der Waals surface area contributed by atoms with Crippen LogP contribution in [0.5, 0.6) is 5.75 Å². The van der Waals surface area contributed by atoms with Gasteiger partial charge in [0.25, 0.3) is 0 Å². The lowest BCUT2D eigenvalue weighted by molar-refractivity contribution is 0.111. The first kappa shape index (κ1) is 12.7. The average Bonchev–Trinajstić information content (AvgIpc) is 2.41. The molecule has 0 atom stereocenters. The molecule has 2 aromatic rings. The number of ether oxygens (including phenoxy) is 1. The second-order valence-electron chi connectivity index (χ2n) is 3.54. The third-order valence-corrected chi connectivity index (χ3v) is 3.19. The molecule has 0 spiro atoms. The van der Waals surface area contributed by atoms with Gasteiger partial charge < -0.3 is 4.74 Å². The van der Waals surface area contributed by atoms with Gasteiger partial charge in [-0.3, -0.25) is 4.79 Å². The van der Waals surface area contributed by atoms with Crippen LogP contribution in [0.3, 0.4) is 0 Å². The van der Waals surface area contributed by atoms with Gasteiger partial charge in [-0.15, -0.1) is 0 Å². The number of rotatable bonds is 4. The second kappa shape index (κ2) is 5.73. The van der Waals surface area contributed by atoms with Crippen molar-refractivity contribution >= 4 is 22.2 Å². The van der Waals surface area contributed by atoms with E-state index in [2.05, 4.69) is 20.9 Å². The van der Waals surface area contributed by atoms with Crippen molar-refractivity contribution in [1.82, 2.24) is 4.98 Å². The molecule has 0 aliphatic rings. The molecule has 92 valence electrons. The molecule has 0 saturated heterocycles. The quantitative estimate of drug-likeness (QED) is 0.813. The number of benzene rings is 1. The lowest BCUT2D eigenvalue weighted by atomic mass is 10.2. The molecule has 2 rings (SSSR count). The van der Waals surface area contributed by atoms with E-state index in [4.69, 9.17) is 4.74 Å². The van der Waals surface area contributed by atoms with E-state index in [0.29, 0.717) is 27.8 Å². The molecule has 18 heavy (non-hydrogen) atoms. The second-order valence-corrected chi connectivity index (χ2v) is 4.33. The predicted octanol–water partition coefficient (Wildman–Crippen LogP) is 3.37. The number of hydrogen-bond donors (Lipinski definition) is 0. The lowest BCUT2D eigenvalue weighted by Crippen LogP contribution is -1.98. The largest absolute Gasteiger partial charge is 0.487 e. The number of aldehydes is 1. The van der Waals surface area contributed by atoms with E-state index < -0.39 is 0 Å². The number of aromatic nitrogens is 1. The Morgan fingerprint density at radius 1 is 1.33 bits per heavy atom. The highest BCUT2D eigenvalue weighted by Gasteiger charge is 2.05. The molecule has 0 N–H and O–H groups in total. The molecule has 0 fully saturated rings. The van der Waals surface area contributed by atoms with Crippen LogP contribution < -0.4 is 4.74 Å². The van der Waals surface area contributed by atoms with Crippen LogP contribution in [0.2, 0.25) is 0 Å². The Kier molecular flexibility index (Phi) is 4.04. The SMILES string of the molecule is O=Cc1ccc(OCc2cccc(F)c2Br)cn1. The lowest BCUT2D eigenvalue weighted by Gasteiger charge is -2.08. The Bertz CT molecular complexity index is 557. The molecule has 0 aliphatic heterocycles. The van der Waals surface area contributed by atoms with Gasteiger partial charge >= 0.3 is 0 Å². The Hall–Kier alpha value is -1.75. The molecule has 0 radical (unpaired) electrons. The van der Waals surface area contributed by atoms with Gasteiger partial charge in [-0.25, -0.2) is 9.37 Å². The minimum absolute atomic E-state index is 0.223. The number of carbonyl (C=O) groups excluding carboxylic acids is 1. The fourth-order valence-electron chi connectivity index (χ4n) is 1.37. The van der Waals surface area contributed by atoms with Gasteiger partial charge in [-0.2, -0.15) is 0 Å². The maximum atomic E-state index is 13.3. The van der Waals surface area contributed by atoms with Gasteiger partial charge in [-0.05, 0) is 34.1 Å². The summed E-state index contributed by atoms with van der Waals surface area (Å²) in [5.74, 6) is 0.197. The van der Waals surface area contributed by atoms with Crippen LogP contribution in [-0.2, 0) is 6.61 Å². The van der Waals surface area contributed by atoms with Crippen molar-refractivity contribution in [3.8, 4) is 5.75 Å². The topological polar surface area (TPSA) is 39.2 Å². The minimum atomic E-state index is -0.328. The zero-order chi connectivity index (χ0) is 13.0. The molecular weight excluding hydrogens is 301 g/mol. The fourth-order valence-corrected chi connectivity index (χ4v) is 1.75. The first-order valence-electron chi connectivity index (χ1n) is 5.17. The smallest absolute Gasteiger partial charge is 0.168 e. The highest BCUT2D eigenvalue weighted by Crippen LogP contribution is 2.22. The normalized spacial score (nSPS) is 10.1. The van der Waals surface area contributed by atoms with E-state index >= 15 is 0 Å². The van der Waals surface area contributed by atoms with Crippen molar-refractivity contribution in [2.75, 3.05) is 0 Å². The molecule has 1 aromatic carbocycles. The molecular formula is C13H9BrFNO2. The van der Waals surface area contributed by atoms with Crippen molar-refractivity contribution in [3.05, 3.63) is 58.1 Å². The van der Waals surface area contributed by atoms with Crippen molar-refractivity contribution in [3.63, 3.8) is 0 Å². The summed E-state index contributed by atoms with van der Waals surface area (Å²) in [7, 11) is 0. The van der Waals surface area contributed by atoms with Gasteiger partial charge in [0.1, 0.15) is 23.9 Å². The maximum absolute atomic E-state index is 13.3. The van der Waals surface area contributed by atoms with E-state index in [-0.39, 0.29) is 12.4 Å². The highest BCUT2D eigenvalue weighted by atomic mass is 79.9. The summed E-state index contributed by atoms with van der Waals surface area (Å²) >= 11 is 3.16. The van der Waals surface area contributed by atoms with E-state index in [1.54, 1.807) is 24.3 Å². The molecule has 0 saturated carbocycles. The zero-order valence-corrected chi connectivity index (χ0v) is 10.9. The summed E-state index contributed by atoms with van der Waals surface area (Å²) in [6.45, 7) is 0.223. The Labute approximate surface area is 112 Å². The monoisotopic (exact) mass is 309 g/mol. The Morgan fingerprint density at radius 2 is 2.17 bits per heavy atom. The third kappa shape index (κ3) is 2.92. The fraction of sp³-hybridized carbons (Fsp3) is 0.0769. The van der Waals surface area contributed by atoms with Gasteiger partial charge in [0, 0.05) is 5.56 Å². The van der Waals surface area contributed by atoms with Crippen molar-refractivity contribution in [2.24, 2.45) is 0 Å². The maximum Gasteiger partial charge on any atom is 0.168 e. The Morgan fingerprint density at radius 3 is 2.83 bits per heavy atom. The summed E-state index contributed by atoms with van der Waals surface area (Å²) in [4.78, 5) is 14.3.